The number of aliphatic hydroxyl groups is 1. The highest BCUT2D eigenvalue weighted by Crippen LogP contribution is 2.12. The lowest BCUT2D eigenvalue weighted by atomic mass is 10.0. The zero-order chi connectivity index (χ0) is 13.5. The Bertz CT molecular complexity index is 379. The van der Waals surface area contributed by atoms with E-state index in [1.54, 1.807) is 12.5 Å². The van der Waals surface area contributed by atoms with Crippen LogP contribution >= 0.6 is 11.3 Å². The highest BCUT2D eigenvalue weighted by atomic mass is 32.1. The zero-order valence-corrected chi connectivity index (χ0v) is 11.8. The van der Waals surface area contributed by atoms with E-state index in [2.05, 4.69) is 10.3 Å². The summed E-state index contributed by atoms with van der Waals surface area (Å²) in [5.41, 5.74) is 0.413. The van der Waals surface area contributed by atoms with Gasteiger partial charge in [0, 0.05) is 25.1 Å². The Balaban J connectivity index is 2.62. The predicted octanol–water partition coefficient (Wildman–Crippen LogP) is 1.43. The second-order valence-electron chi connectivity index (χ2n) is 4.40. The molecule has 2 N–H and O–H groups in total. The van der Waals surface area contributed by atoms with Gasteiger partial charge in [-0.2, -0.15) is 0 Å². The van der Waals surface area contributed by atoms with E-state index in [-0.39, 0.29) is 24.5 Å². The largest absolute Gasteiger partial charge is 0.396 e. The van der Waals surface area contributed by atoms with Crippen LogP contribution < -0.4 is 5.32 Å². The fourth-order valence-corrected chi connectivity index (χ4v) is 2.30. The molecule has 0 aliphatic carbocycles. The lowest BCUT2D eigenvalue weighted by Crippen LogP contribution is -2.39. The summed E-state index contributed by atoms with van der Waals surface area (Å²) in [5, 5.41) is 14.4. The number of aliphatic hydroxyl groups excluding tert-OH is 1. The number of methoxy groups -OCH3 is 1. The first-order valence-corrected chi connectivity index (χ1v) is 6.81. The van der Waals surface area contributed by atoms with E-state index in [1.165, 1.54) is 11.3 Å². The Hall–Kier alpha value is -0.980. The second-order valence-corrected chi connectivity index (χ2v) is 5.34. The predicted molar refractivity (Wildman–Crippen MR) is 70.6 cm³/mol. The highest BCUT2D eigenvalue weighted by molar-refractivity contribution is 7.09. The van der Waals surface area contributed by atoms with Crippen LogP contribution in [0.5, 0.6) is 0 Å². The summed E-state index contributed by atoms with van der Waals surface area (Å²) in [6.45, 7) is 4.51. The third-order valence-corrected chi connectivity index (χ3v) is 3.44. The monoisotopic (exact) mass is 272 g/mol. The molecule has 0 radical (unpaired) electrons. The molecule has 6 heteroatoms. The van der Waals surface area contributed by atoms with E-state index in [0.717, 1.165) is 5.01 Å². The zero-order valence-electron chi connectivity index (χ0n) is 11.0. The van der Waals surface area contributed by atoms with Gasteiger partial charge in [0.2, 0.25) is 0 Å². The van der Waals surface area contributed by atoms with E-state index in [1.807, 2.05) is 13.8 Å². The number of thiazole rings is 1. The van der Waals surface area contributed by atoms with Crippen LogP contribution in [0.2, 0.25) is 0 Å². The van der Waals surface area contributed by atoms with Crippen molar-refractivity contribution in [2.75, 3.05) is 13.7 Å². The number of nitrogens with one attached hydrogen (secondary N) is 1. The van der Waals surface area contributed by atoms with Crippen molar-refractivity contribution in [1.82, 2.24) is 10.3 Å². The minimum absolute atomic E-state index is 0.0323. The van der Waals surface area contributed by atoms with Gasteiger partial charge in [-0.1, -0.05) is 13.8 Å². The molecule has 0 fully saturated rings. The molecule has 1 rings (SSSR count). The lowest BCUT2D eigenvalue weighted by Gasteiger charge is -2.20. The Morgan fingerprint density at radius 1 is 1.61 bits per heavy atom. The average Bonchev–Trinajstić information content (AvgIpc) is 2.77. The van der Waals surface area contributed by atoms with Crippen molar-refractivity contribution in [3.05, 3.63) is 16.1 Å². The van der Waals surface area contributed by atoms with E-state index < -0.39 is 0 Å². The SMILES string of the molecule is COCc1nc(C(=O)NC(CCO)C(C)C)cs1. The second kappa shape index (κ2) is 7.45. The lowest BCUT2D eigenvalue weighted by molar-refractivity contribution is 0.0911. The number of nitrogens with zero attached hydrogens (tertiary/aromatic N) is 1. The molecule has 1 aromatic rings. The molecule has 1 heterocycles. The summed E-state index contributed by atoms with van der Waals surface area (Å²) in [5.74, 6) is 0.0823. The van der Waals surface area contributed by atoms with Gasteiger partial charge >= 0.3 is 0 Å². The first-order chi connectivity index (χ1) is 8.58. The fraction of sp³-hybridized carbons (Fsp3) is 0.667. The molecular weight excluding hydrogens is 252 g/mol. The summed E-state index contributed by atoms with van der Waals surface area (Å²) >= 11 is 1.40. The summed E-state index contributed by atoms with van der Waals surface area (Å²) in [7, 11) is 1.59. The van der Waals surface area contributed by atoms with Crippen molar-refractivity contribution >= 4 is 17.2 Å². The first kappa shape index (κ1) is 15.1. The minimum atomic E-state index is -0.194. The van der Waals surface area contributed by atoms with Gasteiger partial charge in [-0.25, -0.2) is 4.98 Å². The maximum absolute atomic E-state index is 12.0. The Morgan fingerprint density at radius 3 is 2.89 bits per heavy atom. The van der Waals surface area contributed by atoms with Gasteiger partial charge in [0.05, 0.1) is 6.61 Å². The summed E-state index contributed by atoms with van der Waals surface area (Å²) < 4.78 is 4.96. The molecule has 0 aromatic carbocycles. The summed E-state index contributed by atoms with van der Waals surface area (Å²) in [4.78, 5) is 16.2. The molecule has 0 saturated carbocycles. The normalized spacial score (nSPS) is 12.7. The molecule has 1 unspecified atom stereocenters. The molecule has 18 heavy (non-hydrogen) atoms. The number of amides is 1. The van der Waals surface area contributed by atoms with Crippen LogP contribution in [0.1, 0.15) is 35.8 Å². The maximum Gasteiger partial charge on any atom is 0.270 e. The Kier molecular flexibility index (Phi) is 6.24. The highest BCUT2D eigenvalue weighted by Gasteiger charge is 2.18. The van der Waals surface area contributed by atoms with Crippen molar-refractivity contribution in [1.29, 1.82) is 0 Å². The van der Waals surface area contributed by atoms with Crippen molar-refractivity contribution in [3.63, 3.8) is 0 Å². The van der Waals surface area contributed by atoms with E-state index in [0.29, 0.717) is 18.7 Å². The molecule has 1 amide bonds. The van der Waals surface area contributed by atoms with Crippen LogP contribution in [0.4, 0.5) is 0 Å². The number of hydrogen-bond donors (Lipinski definition) is 2. The van der Waals surface area contributed by atoms with Crippen molar-refractivity contribution in [2.24, 2.45) is 5.92 Å². The van der Waals surface area contributed by atoms with Crippen LogP contribution in [0.25, 0.3) is 0 Å². The van der Waals surface area contributed by atoms with Crippen LogP contribution in [0.3, 0.4) is 0 Å². The number of aromatic nitrogens is 1. The van der Waals surface area contributed by atoms with Crippen molar-refractivity contribution < 1.29 is 14.6 Å². The molecule has 0 aliphatic rings. The summed E-state index contributed by atoms with van der Waals surface area (Å²) in [6, 6.07) is -0.0323. The van der Waals surface area contributed by atoms with Gasteiger partial charge in [0.25, 0.3) is 5.91 Å². The molecular formula is C12H20N2O3S. The third kappa shape index (κ3) is 4.36. The van der Waals surface area contributed by atoms with E-state index >= 15 is 0 Å². The van der Waals surface area contributed by atoms with Crippen LogP contribution in [0.15, 0.2) is 5.38 Å². The van der Waals surface area contributed by atoms with E-state index in [4.69, 9.17) is 9.84 Å². The van der Waals surface area contributed by atoms with Gasteiger partial charge in [-0.3, -0.25) is 4.79 Å². The van der Waals surface area contributed by atoms with Crippen molar-refractivity contribution in [2.45, 2.75) is 32.9 Å². The molecule has 5 nitrogen and oxygen atoms in total. The number of rotatable bonds is 7. The molecule has 0 bridgehead atoms. The smallest absolute Gasteiger partial charge is 0.270 e. The minimum Gasteiger partial charge on any atom is -0.396 e. The van der Waals surface area contributed by atoms with Crippen LogP contribution in [-0.4, -0.2) is 35.8 Å². The Morgan fingerprint density at radius 2 is 2.33 bits per heavy atom. The molecule has 1 atom stereocenters. The van der Waals surface area contributed by atoms with Gasteiger partial charge in [0.15, 0.2) is 0 Å². The van der Waals surface area contributed by atoms with Gasteiger partial charge in [-0.15, -0.1) is 11.3 Å². The third-order valence-electron chi connectivity index (χ3n) is 2.61. The first-order valence-electron chi connectivity index (χ1n) is 5.93. The molecule has 102 valence electrons. The fourth-order valence-electron chi connectivity index (χ4n) is 1.56. The van der Waals surface area contributed by atoms with Crippen LogP contribution in [0, 0.1) is 5.92 Å². The topological polar surface area (TPSA) is 71.5 Å². The Labute approximate surface area is 111 Å². The molecule has 1 aromatic heterocycles. The molecule has 0 spiro atoms. The number of carbonyl (C=O) groups excluding carboxylic acids is 1. The number of hydrogen-bond acceptors (Lipinski definition) is 5. The standard InChI is InChI=1S/C12H20N2O3S/c1-8(2)9(4-5-15)14-12(16)10-7-18-11(13-10)6-17-3/h7-9,15H,4-6H2,1-3H3,(H,14,16). The van der Waals surface area contributed by atoms with Gasteiger partial charge in [-0.05, 0) is 12.3 Å². The molecule has 0 aliphatic heterocycles. The number of ether oxygens (including phenoxy) is 1. The van der Waals surface area contributed by atoms with Crippen molar-refractivity contribution in [3.8, 4) is 0 Å². The number of carbonyl (C=O) groups is 1. The quantitative estimate of drug-likeness (QED) is 0.787. The maximum atomic E-state index is 12.0. The average molecular weight is 272 g/mol. The van der Waals surface area contributed by atoms with Gasteiger partial charge in [0.1, 0.15) is 10.7 Å². The van der Waals surface area contributed by atoms with Crippen LogP contribution in [-0.2, 0) is 11.3 Å². The summed E-state index contributed by atoms with van der Waals surface area (Å²) in [6.07, 6.45) is 0.554. The van der Waals surface area contributed by atoms with Gasteiger partial charge < -0.3 is 15.2 Å². The van der Waals surface area contributed by atoms with E-state index in [9.17, 15) is 4.79 Å². The molecule has 0 saturated heterocycles.